The lowest BCUT2D eigenvalue weighted by Crippen LogP contribution is -2.23. The average molecular weight is 201 g/mol. The molecule has 0 N–H and O–H groups in total. The lowest BCUT2D eigenvalue weighted by molar-refractivity contribution is 0.804. The van der Waals surface area contributed by atoms with Gasteiger partial charge in [-0.1, -0.05) is 0 Å². The van der Waals surface area contributed by atoms with Crippen molar-refractivity contribution in [2.45, 2.75) is 0 Å². The van der Waals surface area contributed by atoms with E-state index >= 15 is 0 Å². The number of aromatic nitrogens is 4. The highest BCUT2D eigenvalue weighted by Gasteiger charge is 2.09. The number of aryl methyl sites for hydroxylation is 1. The quantitative estimate of drug-likeness (QED) is 0.642. The van der Waals surface area contributed by atoms with Crippen molar-refractivity contribution in [3.8, 4) is 11.9 Å². The van der Waals surface area contributed by atoms with Crippen molar-refractivity contribution in [2.75, 3.05) is 0 Å². The maximum Gasteiger partial charge on any atom is 0.294 e. The van der Waals surface area contributed by atoms with Crippen molar-refractivity contribution >= 4 is 0 Å². The third-order valence-corrected chi connectivity index (χ3v) is 1.97. The molecule has 2 rings (SSSR count). The summed E-state index contributed by atoms with van der Waals surface area (Å²) in [6.07, 6.45) is 6.03. The number of rotatable bonds is 1. The third-order valence-electron chi connectivity index (χ3n) is 1.97. The summed E-state index contributed by atoms with van der Waals surface area (Å²) in [5.41, 5.74) is -0.271. The molecular weight excluding hydrogens is 194 g/mol. The van der Waals surface area contributed by atoms with E-state index in [1.807, 2.05) is 6.07 Å². The van der Waals surface area contributed by atoms with E-state index in [2.05, 4.69) is 9.97 Å². The molecule has 15 heavy (non-hydrogen) atoms. The highest BCUT2D eigenvalue weighted by atomic mass is 16.1. The average Bonchev–Trinajstić information content (AvgIpc) is 2.70. The van der Waals surface area contributed by atoms with E-state index < -0.39 is 0 Å². The number of imidazole rings is 1. The van der Waals surface area contributed by atoms with Crippen LogP contribution in [0.25, 0.3) is 5.82 Å². The Bertz CT molecular complexity index is 589. The molecule has 0 aliphatic carbocycles. The van der Waals surface area contributed by atoms with Gasteiger partial charge in [0, 0.05) is 31.8 Å². The van der Waals surface area contributed by atoms with Crippen LogP contribution in [-0.2, 0) is 7.05 Å². The van der Waals surface area contributed by atoms with Crippen LogP contribution in [-0.4, -0.2) is 19.1 Å². The Balaban J connectivity index is 2.71. The lowest BCUT2D eigenvalue weighted by Gasteiger charge is -2.02. The molecule has 0 aliphatic rings. The van der Waals surface area contributed by atoms with E-state index in [-0.39, 0.29) is 17.2 Å². The molecule has 0 spiro atoms. The molecule has 0 radical (unpaired) electrons. The van der Waals surface area contributed by atoms with Crippen molar-refractivity contribution < 1.29 is 0 Å². The standard InChI is InChI=1S/C9H7N5O/c1-13-4-2-12-8(9(13)15)14-5-3-11-7(14)6-10/h2-5H,1H3. The summed E-state index contributed by atoms with van der Waals surface area (Å²) in [5, 5.41) is 8.76. The van der Waals surface area contributed by atoms with Gasteiger partial charge in [0.2, 0.25) is 11.6 Å². The predicted molar refractivity (Wildman–Crippen MR) is 51.3 cm³/mol. The molecule has 2 aromatic rings. The first-order valence-electron chi connectivity index (χ1n) is 4.19. The summed E-state index contributed by atoms with van der Waals surface area (Å²) in [7, 11) is 1.62. The van der Waals surface area contributed by atoms with Gasteiger partial charge in [0.25, 0.3) is 5.56 Å². The molecule has 2 aromatic heterocycles. The van der Waals surface area contributed by atoms with Gasteiger partial charge >= 0.3 is 0 Å². The topological polar surface area (TPSA) is 76.5 Å². The van der Waals surface area contributed by atoms with Gasteiger partial charge in [0.1, 0.15) is 6.07 Å². The van der Waals surface area contributed by atoms with Crippen molar-refractivity contribution in [1.29, 1.82) is 5.26 Å². The van der Waals surface area contributed by atoms with Crippen molar-refractivity contribution in [1.82, 2.24) is 19.1 Å². The maximum atomic E-state index is 11.7. The Morgan fingerprint density at radius 3 is 2.80 bits per heavy atom. The number of nitrogens with zero attached hydrogens (tertiary/aromatic N) is 5. The van der Waals surface area contributed by atoms with Crippen LogP contribution in [0.3, 0.4) is 0 Å². The predicted octanol–water partition coefficient (Wildman–Crippen LogP) is -0.162. The van der Waals surface area contributed by atoms with Crippen LogP contribution in [0.2, 0.25) is 0 Å². The smallest absolute Gasteiger partial charge is 0.294 e. The van der Waals surface area contributed by atoms with Gasteiger partial charge < -0.3 is 4.57 Å². The maximum absolute atomic E-state index is 11.7. The Kier molecular flexibility index (Phi) is 2.06. The molecule has 0 saturated carbocycles. The monoisotopic (exact) mass is 201 g/mol. The molecule has 0 atom stereocenters. The summed E-state index contributed by atoms with van der Waals surface area (Å²) in [6, 6.07) is 1.88. The van der Waals surface area contributed by atoms with Crippen LogP contribution in [0, 0.1) is 11.3 Å². The largest absolute Gasteiger partial charge is 0.314 e. The van der Waals surface area contributed by atoms with Gasteiger partial charge in [-0.15, -0.1) is 0 Å². The second-order valence-corrected chi connectivity index (χ2v) is 2.90. The van der Waals surface area contributed by atoms with Gasteiger partial charge in [0.15, 0.2) is 0 Å². The highest BCUT2D eigenvalue weighted by Crippen LogP contribution is 2.01. The van der Waals surface area contributed by atoms with Crippen molar-refractivity contribution in [3.05, 3.63) is 41.0 Å². The Morgan fingerprint density at radius 1 is 1.33 bits per heavy atom. The van der Waals surface area contributed by atoms with E-state index in [0.717, 1.165) is 0 Å². The molecule has 0 bridgehead atoms. The first-order chi connectivity index (χ1) is 7.24. The molecule has 0 saturated heterocycles. The summed E-state index contributed by atoms with van der Waals surface area (Å²) < 4.78 is 2.76. The van der Waals surface area contributed by atoms with E-state index in [9.17, 15) is 4.79 Å². The van der Waals surface area contributed by atoms with Crippen LogP contribution >= 0.6 is 0 Å². The molecule has 6 nitrogen and oxygen atoms in total. The van der Waals surface area contributed by atoms with Gasteiger partial charge in [0.05, 0.1) is 0 Å². The zero-order valence-corrected chi connectivity index (χ0v) is 7.95. The van der Waals surface area contributed by atoms with Gasteiger partial charge in [-0.25, -0.2) is 9.97 Å². The summed E-state index contributed by atoms with van der Waals surface area (Å²) in [6.45, 7) is 0. The minimum atomic E-state index is -0.271. The summed E-state index contributed by atoms with van der Waals surface area (Å²) >= 11 is 0. The number of hydrogen-bond donors (Lipinski definition) is 0. The van der Waals surface area contributed by atoms with Crippen molar-refractivity contribution in [2.24, 2.45) is 7.05 Å². The van der Waals surface area contributed by atoms with Crippen molar-refractivity contribution in [3.63, 3.8) is 0 Å². The van der Waals surface area contributed by atoms with E-state index in [1.54, 1.807) is 13.2 Å². The van der Waals surface area contributed by atoms with Gasteiger partial charge in [-0.05, 0) is 0 Å². The second-order valence-electron chi connectivity index (χ2n) is 2.90. The molecule has 0 fully saturated rings. The Morgan fingerprint density at radius 2 is 2.07 bits per heavy atom. The number of nitriles is 1. The molecule has 0 aliphatic heterocycles. The third kappa shape index (κ3) is 1.40. The summed E-state index contributed by atoms with van der Waals surface area (Å²) in [5.74, 6) is 0.319. The van der Waals surface area contributed by atoms with Crippen LogP contribution < -0.4 is 5.56 Å². The summed E-state index contributed by atoms with van der Waals surface area (Å²) in [4.78, 5) is 19.4. The Labute approximate surface area is 85.1 Å². The SMILES string of the molecule is Cn1ccnc(-n2ccnc2C#N)c1=O. The highest BCUT2D eigenvalue weighted by molar-refractivity contribution is 5.26. The fraction of sp³-hybridized carbons (Fsp3) is 0.111. The van der Waals surface area contributed by atoms with E-state index in [0.29, 0.717) is 0 Å². The first-order valence-corrected chi connectivity index (χ1v) is 4.19. The van der Waals surface area contributed by atoms with Crippen LogP contribution in [0.15, 0.2) is 29.6 Å². The Hall–Kier alpha value is -2.42. The van der Waals surface area contributed by atoms with Crippen LogP contribution in [0.5, 0.6) is 0 Å². The lowest BCUT2D eigenvalue weighted by atomic mass is 10.5. The normalized spacial score (nSPS) is 9.87. The molecule has 0 aromatic carbocycles. The van der Waals surface area contributed by atoms with E-state index in [1.165, 1.54) is 27.7 Å². The van der Waals surface area contributed by atoms with Gasteiger partial charge in [-0.3, -0.25) is 9.36 Å². The minimum Gasteiger partial charge on any atom is -0.314 e. The fourth-order valence-electron chi connectivity index (χ4n) is 1.21. The molecule has 6 heteroatoms. The zero-order valence-electron chi connectivity index (χ0n) is 7.95. The number of hydrogen-bond acceptors (Lipinski definition) is 4. The second kappa shape index (κ2) is 3.38. The first kappa shape index (κ1) is 9.15. The molecule has 0 unspecified atom stereocenters. The fourth-order valence-corrected chi connectivity index (χ4v) is 1.21. The molecule has 2 heterocycles. The molecule has 0 amide bonds. The van der Waals surface area contributed by atoms with Gasteiger partial charge in [-0.2, -0.15) is 5.26 Å². The van der Waals surface area contributed by atoms with Crippen LogP contribution in [0.4, 0.5) is 0 Å². The molecular formula is C9H7N5O. The zero-order chi connectivity index (χ0) is 10.8. The molecule has 74 valence electrons. The van der Waals surface area contributed by atoms with Crippen LogP contribution in [0.1, 0.15) is 5.82 Å². The van der Waals surface area contributed by atoms with E-state index in [4.69, 9.17) is 5.26 Å². The minimum absolute atomic E-state index is 0.144.